The van der Waals surface area contributed by atoms with Crippen LogP contribution in [0.4, 0.5) is 19.0 Å². The van der Waals surface area contributed by atoms with Crippen LogP contribution in [0.25, 0.3) is 0 Å². The summed E-state index contributed by atoms with van der Waals surface area (Å²) < 4.78 is 37.1. The Morgan fingerprint density at radius 3 is 2.71 bits per heavy atom. The number of carboxylic acids is 1. The van der Waals surface area contributed by atoms with E-state index >= 15 is 0 Å². The third-order valence-electron chi connectivity index (χ3n) is 2.12. The van der Waals surface area contributed by atoms with Gasteiger partial charge in [0.05, 0.1) is 5.56 Å². The van der Waals surface area contributed by atoms with Gasteiger partial charge in [0.1, 0.15) is 11.9 Å². The van der Waals surface area contributed by atoms with E-state index in [9.17, 15) is 18.0 Å². The summed E-state index contributed by atoms with van der Waals surface area (Å²) in [4.78, 5) is 14.4. The molecule has 1 aromatic heterocycles. The first-order chi connectivity index (χ1) is 7.84. The van der Waals surface area contributed by atoms with Crippen molar-refractivity contribution in [1.82, 2.24) is 4.98 Å². The van der Waals surface area contributed by atoms with Gasteiger partial charge in [-0.25, -0.2) is 9.78 Å². The molecule has 1 rings (SSSR count). The Morgan fingerprint density at radius 1 is 1.59 bits per heavy atom. The summed E-state index contributed by atoms with van der Waals surface area (Å²) in [7, 11) is 0. The van der Waals surface area contributed by atoms with Crippen molar-refractivity contribution in [2.45, 2.75) is 25.6 Å². The fraction of sp³-hybridized carbons (Fsp3) is 0.400. The minimum atomic E-state index is -4.47. The fourth-order valence-corrected chi connectivity index (χ4v) is 1.20. The molecule has 1 unspecified atom stereocenters. The molecule has 2 N–H and O–H groups in total. The first-order valence-corrected chi connectivity index (χ1v) is 4.87. The molecular formula is C10H11F3N2O2. The predicted octanol–water partition coefficient (Wildman–Crippen LogP) is 2.38. The van der Waals surface area contributed by atoms with Gasteiger partial charge in [-0.15, -0.1) is 0 Å². The third-order valence-corrected chi connectivity index (χ3v) is 2.12. The van der Waals surface area contributed by atoms with Gasteiger partial charge in [-0.2, -0.15) is 13.2 Å². The molecule has 4 nitrogen and oxygen atoms in total. The van der Waals surface area contributed by atoms with Crippen LogP contribution in [0, 0.1) is 0 Å². The highest BCUT2D eigenvalue weighted by Gasteiger charge is 2.31. The number of aromatic nitrogens is 1. The smallest absolute Gasteiger partial charge is 0.416 e. The summed E-state index contributed by atoms with van der Waals surface area (Å²) >= 11 is 0. The Kier molecular flexibility index (Phi) is 3.93. The number of aliphatic carboxylic acids is 1. The van der Waals surface area contributed by atoms with E-state index in [1.54, 1.807) is 6.92 Å². The van der Waals surface area contributed by atoms with Crippen LogP contribution < -0.4 is 5.32 Å². The first-order valence-electron chi connectivity index (χ1n) is 4.87. The molecule has 1 aromatic rings. The lowest BCUT2D eigenvalue weighted by atomic mass is 10.2. The molecule has 0 fully saturated rings. The lowest BCUT2D eigenvalue weighted by molar-refractivity contribution is -0.138. The number of nitrogens with one attached hydrogen (secondary N) is 1. The number of carboxylic acid groups (broad SMARTS) is 1. The second-order valence-corrected chi connectivity index (χ2v) is 3.37. The number of halogens is 3. The van der Waals surface area contributed by atoms with Crippen molar-refractivity contribution in [1.29, 1.82) is 0 Å². The molecule has 0 amide bonds. The number of pyridine rings is 1. The Hall–Kier alpha value is -1.79. The zero-order valence-corrected chi connectivity index (χ0v) is 8.95. The van der Waals surface area contributed by atoms with Gasteiger partial charge in [0, 0.05) is 6.20 Å². The third kappa shape index (κ3) is 3.61. The number of rotatable bonds is 4. The SMILES string of the molecule is CCC(Nc1cc(C(F)(F)F)ccn1)C(=O)O. The van der Waals surface area contributed by atoms with Crippen LogP contribution in [0.1, 0.15) is 18.9 Å². The molecule has 0 aliphatic rings. The first kappa shape index (κ1) is 13.3. The number of carbonyl (C=O) groups is 1. The summed E-state index contributed by atoms with van der Waals surface area (Å²) in [6, 6.07) is 0.657. The zero-order valence-electron chi connectivity index (χ0n) is 8.95. The quantitative estimate of drug-likeness (QED) is 0.858. The van der Waals surface area contributed by atoms with Crippen LogP contribution in [0.5, 0.6) is 0 Å². The van der Waals surface area contributed by atoms with E-state index in [0.29, 0.717) is 0 Å². The second-order valence-electron chi connectivity index (χ2n) is 3.37. The fourth-order valence-electron chi connectivity index (χ4n) is 1.20. The van der Waals surface area contributed by atoms with Crippen molar-refractivity contribution in [2.24, 2.45) is 0 Å². The maximum atomic E-state index is 12.4. The average molecular weight is 248 g/mol. The molecule has 0 saturated heterocycles. The van der Waals surface area contributed by atoms with Crippen molar-refractivity contribution in [3.05, 3.63) is 23.9 Å². The minimum absolute atomic E-state index is 0.103. The molecule has 0 saturated carbocycles. The van der Waals surface area contributed by atoms with Crippen LogP contribution in [0.15, 0.2) is 18.3 Å². The molecule has 0 spiro atoms. The van der Waals surface area contributed by atoms with E-state index < -0.39 is 23.8 Å². The summed E-state index contributed by atoms with van der Waals surface area (Å²) in [6.45, 7) is 1.61. The van der Waals surface area contributed by atoms with Crippen molar-refractivity contribution >= 4 is 11.8 Å². The highest BCUT2D eigenvalue weighted by molar-refractivity contribution is 5.76. The molecule has 0 aliphatic heterocycles. The number of hydrogen-bond acceptors (Lipinski definition) is 3. The Balaban J connectivity index is 2.89. The van der Waals surface area contributed by atoms with Crippen molar-refractivity contribution in [2.75, 3.05) is 5.32 Å². The van der Waals surface area contributed by atoms with Crippen LogP contribution in [0.3, 0.4) is 0 Å². The number of alkyl halides is 3. The van der Waals surface area contributed by atoms with E-state index in [1.165, 1.54) is 0 Å². The molecule has 0 aliphatic carbocycles. The van der Waals surface area contributed by atoms with Gasteiger partial charge >= 0.3 is 12.1 Å². The maximum Gasteiger partial charge on any atom is 0.416 e. The summed E-state index contributed by atoms with van der Waals surface area (Å²) in [5.41, 5.74) is -0.866. The van der Waals surface area contributed by atoms with E-state index in [4.69, 9.17) is 5.11 Å². The molecular weight excluding hydrogens is 237 g/mol. The highest BCUT2D eigenvalue weighted by Crippen LogP contribution is 2.30. The Bertz CT molecular complexity index is 407. The van der Waals surface area contributed by atoms with Gasteiger partial charge < -0.3 is 10.4 Å². The van der Waals surface area contributed by atoms with Gasteiger partial charge in [-0.1, -0.05) is 6.92 Å². The summed E-state index contributed by atoms with van der Waals surface area (Å²) in [6.07, 6.45) is -3.24. The normalized spacial score (nSPS) is 13.2. The number of hydrogen-bond donors (Lipinski definition) is 2. The molecule has 0 radical (unpaired) electrons. The van der Waals surface area contributed by atoms with Gasteiger partial charge in [-0.3, -0.25) is 0 Å². The van der Waals surface area contributed by atoms with E-state index in [1.807, 2.05) is 0 Å². The van der Waals surface area contributed by atoms with Gasteiger partial charge in [0.15, 0.2) is 0 Å². The molecule has 0 aromatic carbocycles. The largest absolute Gasteiger partial charge is 0.480 e. The van der Waals surface area contributed by atoms with Gasteiger partial charge in [-0.05, 0) is 18.6 Å². The lowest BCUT2D eigenvalue weighted by Crippen LogP contribution is -2.28. The van der Waals surface area contributed by atoms with Gasteiger partial charge in [0.25, 0.3) is 0 Å². The minimum Gasteiger partial charge on any atom is -0.480 e. The highest BCUT2D eigenvalue weighted by atomic mass is 19.4. The number of nitrogens with zero attached hydrogens (tertiary/aromatic N) is 1. The van der Waals surface area contributed by atoms with E-state index in [2.05, 4.69) is 10.3 Å². The van der Waals surface area contributed by atoms with Crippen molar-refractivity contribution in [3.63, 3.8) is 0 Å². The molecule has 0 bridgehead atoms. The topological polar surface area (TPSA) is 62.2 Å². The standard InChI is InChI=1S/C10H11F3N2O2/c1-2-7(9(16)17)15-8-5-6(3-4-14-8)10(11,12)13/h3-5,7H,2H2,1H3,(H,14,15)(H,16,17). The molecule has 1 atom stereocenters. The molecule has 17 heavy (non-hydrogen) atoms. The number of anilines is 1. The van der Waals surface area contributed by atoms with Crippen molar-refractivity contribution in [3.8, 4) is 0 Å². The zero-order chi connectivity index (χ0) is 13.1. The molecule has 1 heterocycles. The second kappa shape index (κ2) is 5.03. The van der Waals surface area contributed by atoms with Crippen LogP contribution in [-0.2, 0) is 11.0 Å². The Labute approximate surface area is 95.5 Å². The maximum absolute atomic E-state index is 12.4. The lowest BCUT2D eigenvalue weighted by Gasteiger charge is -2.14. The average Bonchev–Trinajstić information content (AvgIpc) is 2.24. The molecule has 94 valence electrons. The summed E-state index contributed by atoms with van der Waals surface area (Å²) in [5.74, 6) is -1.24. The van der Waals surface area contributed by atoms with E-state index in [0.717, 1.165) is 18.3 Å². The molecule has 7 heteroatoms. The summed E-state index contributed by atoms with van der Waals surface area (Å²) in [5, 5.41) is 11.2. The van der Waals surface area contributed by atoms with Crippen LogP contribution in [-0.4, -0.2) is 22.1 Å². The monoisotopic (exact) mass is 248 g/mol. The van der Waals surface area contributed by atoms with Crippen LogP contribution >= 0.6 is 0 Å². The Morgan fingerprint density at radius 2 is 2.24 bits per heavy atom. The van der Waals surface area contributed by atoms with Gasteiger partial charge in [0.2, 0.25) is 0 Å². The van der Waals surface area contributed by atoms with E-state index in [-0.39, 0.29) is 12.2 Å². The van der Waals surface area contributed by atoms with Crippen LogP contribution in [0.2, 0.25) is 0 Å². The van der Waals surface area contributed by atoms with Crippen molar-refractivity contribution < 1.29 is 23.1 Å². The predicted molar refractivity (Wildman–Crippen MR) is 54.6 cm³/mol.